The summed E-state index contributed by atoms with van der Waals surface area (Å²) in [5, 5.41) is 12.6. The summed E-state index contributed by atoms with van der Waals surface area (Å²) in [5.74, 6) is -1.000. The number of halogens is 2. The number of benzene rings is 1. The Labute approximate surface area is 231 Å². The van der Waals surface area contributed by atoms with Gasteiger partial charge in [-0.2, -0.15) is 0 Å². The number of thioether (sulfide) groups is 1. The van der Waals surface area contributed by atoms with Gasteiger partial charge < -0.3 is 20.5 Å². The number of ether oxygens (including phenoxy) is 2. The highest BCUT2D eigenvalue weighted by molar-refractivity contribution is 7.99. The molecule has 0 aliphatic rings. The van der Waals surface area contributed by atoms with Crippen molar-refractivity contribution in [3.63, 3.8) is 0 Å². The first-order valence-electron chi connectivity index (χ1n) is 10.7. The van der Waals surface area contributed by atoms with Crippen LogP contribution in [-0.2, 0) is 16.1 Å². The maximum Gasteiger partial charge on any atom is 0.341 e. The lowest BCUT2D eigenvalue weighted by molar-refractivity contribution is -0.113. The first-order chi connectivity index (χ1) is 17.6. The molecule has 196 valence electrons. The molecule has 2 heterocycles. The molecular formula is C23H23Cl2N5O5S2. The second-order valence-corrected chi connectivity index (χ2v) is 10.3. The van der Waals surface area contributed by atoms with E-state index in [1.807, 2.05) is 0 Å². The number of nitrogens with two attached hydrogens (primary N) is 1. The average Bonchev–Trinajstić information content (AvgIpc) is 3.40. The van der Waals surface area contributed by atoms with Gasteiger partial charge in [-0.05, 0) is 31.5 Å². The summed E-state index contributed by atoms with van der Waals surface area (Å²) in [7, 11) is 1.21. The van der Waals surface area contributed by atoms with Gasteiger partial charge in [0.1, 0.15) is 10.8 Å². The highest BCUT2D eigenvalue weighted by Gasteiger charge is 2.26. The summed E-state index contributed by atoms with van der Waals surface area (Å²) in [4.78, 5) is 36.8. The number of primary amides is 1. The van der Waals surface area contributed by atoms with Crippen LogP contribution in [0.5, 0.6) is 5.75 Å². The van der Waals surface area contributed by atoms with Crippen LogP contribution in [0.1, 0.15) is 44.4 Å². The Balaban J connectivity index is 1.76. The summed E-state index contributed by atoms with van der Waals surface area (Å²) in [6.45, 7) is 7.48. The Morgan fingerprint density at radius 1 is 1.32 bits per heavy atom. The van der Waals surface area contributed by atoms with Crippen LogP contribution in [0, 0.1) is 6.92 Å². The molecule has 0 aliphatic heterocycles. The van der Waals surface area contributed by atoms with Gasteiger partial charge in [0.15, 0.2) is 17.1 Å². The maximum absolute atomic E-state index is 12.7. The van der Waals surface area contributed by atoms with Gasteiger partial charge in [0, 0.05) is 17.6 Å². The van der Waals surface area contributed by atoms with E-state index in [0.717, 1.165) is 23.1 Å². The van der Waals surface area contributed by atoms with E-state index >= 15 is 0 Å². The third-order valence-corrected chi connectivity index (χ3v) is 7.70. The molecule has 3 N–H and O–H groups in total. The number of esters is 1. The van der Waals surface area contributed by atoms with Crippen molar-refractivity contribution in [3.05, 3.63) is 62.7 Å². The van der Waals surface area contributed by atoms with E-state index < -0.39 is 23.9 Å². The number of aromatic nitrogens is 3. The molecule has 1 unspecified atom stereocenters. The quantitative estimate of drug-likeness (QED) is 0.185. The Kier molecular flexibility index (Phi) is 9.60. The lowest BCUT2D eigenvalue weighted by atomic mass is 10.1. The molecule has 0 radical (unpaired) electrons. The third kappa shape index (κ3) is 6.63. The van der Waals surface area contributed by atoms with Gasteiger partial charge in [-0.15, -0.1) is 28.1 Å². The van der Waals surface area contributed by atoms with Crippen molar-refractivity contribution in [2.24, 2.45) is 5.73 Å². The van der Waals surface area contributed by atoms with Gasteiger partial charge in [-0.25, -0.2) is 4.79 Å². The first kappa shape index (κ1) is 28.5. The molecule has 0 aliphatic carbocycles. The van der Waals surface area contributed by atoms with E-state index in [1.165, 1.54) is 7.11 Å². The largest absolute Gasteiger partial charge is 0.481 e. The number of anilines is 1. The minimum Gasteiger partial charge on any atom is -0.481 e. The number of nitrogens with one attached hydrogen (secondary N) is 1. The standard InChI is InChI=1S/C23H23Cl2N5O5S2/c1-5-8-30-20(12(3)35-15-9-13(24)6-7-14(15)25)28-29-23(30)36-10-16(31)27-21-17(22(33)34-4)11(2)18(37-21)19(26)32/h5-7,9,12H,1,8,10H2,2-4H3,(H2,26,32)(H,27,31). The van der Waals surface area contributed by atoms with Gasteiger partial charge >= 0.3 is 5.97 Å². The van der Waals surface area contributed by atoms with Crippen LogP contribution in [0.3, 0.4) is 0 Å². The number of rotatable bonds is 11. The fourth-order valence-electron chi connectivity index (χ4n) is 3.30. The molecule has 0 spiro atoms. The zero-order valence-corrected chi connectivity index (χ0v) is 23.2. The molecule has 0 fully saturated rings. The van der Waals surface area contributed by atoms with Crippen LogP contribution in [0.15, 0.2) is 36.0 Å². The number of hydrogen-bond acceptors (Lipinski definition) is 9. The summed E-state index contributed by atoms with van der Waals surface area (Å²) >= 11 is 14.3. The molecule has 37 heavy (non-hydrogen) atoms. The summed E-state index contributed by atoms with van der Waals surface area (Å²) in [6.07, 6.45) is 1.12. The molecule has 10 nitrogen and oxygen atoms in total. The smallest absolute Gasteiger partial charge is 0.341 e. The van der Waals surface area contributed by atoms with Crippen LogP contribution in [0.2, 0.25) is 10.0 Å². The van der Waals surface area contributed by atoms with Crippen molar-refractivity contribution in [3.8, 4) is 5.75 Å². The van der Waals surface area contributed by atoms with Gasteiger partial charge in [-0.1, -0.05) is 41.0 Å². The van der Waals surface area contributed by atoms with Crippen molar-refractivity contribution in [2.75, 3.05) is 18.2 Å². The number of methoxy groups -OCH3 is 1. The van der Waals surface area contributed by atoms with Crippen LogP contribution < -0.4 is 15.8 Å². The second-order valence-electron chi connectivity index (χ2n) is 7.53. The van der Waals surface area contributed by atoms with E-state index in [9.17, 15) is 14.4 Å². The van der Waals surface area contributed by atoms with Crippen molar-refractivity contribution in [1.29, 1.82) is 0 Å². The van der Waals surface area contributed by atoms with Crippen molar-refractivity contribution >= 4 is 69.1 Å². The van der Waals surface area contributed by atoms with Crippen LogP contribution in [0.25, 0.3) is 0 Å². The van der Waals surface area contributed by atoms with Crippen LogP contribution >= 0.6 is 46.3 Å². The Bertz CT molecular complexity index is 1360. The topological polar surface area (TPSA) is 138 Å². The third-order valence-electron chi connectivity index (χ3n) is 4.96. The lowest BCUT2D eigenvalue weighted by Crippen LogP contribution is -2.17. The zero-order chi connectivity index (χ0) is 27.3. The van der Waals surface area contributed by atoms with Gasteiger partial charge in [0.05, 0.1) is 28.3 Å². The van der Waals surface area contributed by atoms with E-state index in [-0.39, 0.29) is 21.2 Å². The van der Waals surface area contributed by atoms with Gasteiger partial charge in [0.25, 0.3) is 5.91 Å². The lowest BCUT2D eigenvalue weighted by Gasteiger charge is -2.16. The number of hydrogen-bond donors (Lipinski definition) is 2. The van der Waals surface area contributed by atoms with E-state index in [1.54, 1.807) is 42.7 Å². The normalized spacial score (nSPS) is 11.6. The van der Waals surface area contributed by atoms with Crippen LogP contribution in [0.4, 0.5) is 5.00 Å². The van der Waals surface area contributed by atoms with Crippen molar-refractivity contribution < 1.29 is 23.9 Å². The Morgan fingerprint density at radius 3 is 2.70 bits per heavy atom. The maximum atomic E-state index is 12.7. The number of nitrogens with zero attached hydrogens (tertiary/aromatic N) is 3. The highest BCUT2D eigenvalue weighted by Crippen LogP contribution is 2.34. The summed E-state index contributed by atoms with van der Waals surface area (Å²) < 4.78 is 12.5. The molecular weight excluding hydrogens is 561 g/mol. The fraction of sp³-hybridized carbons (Fsp3) is 0.261. The predicted octanol–water partition coefficient (Wildman–Crippen LogP) is 4.90. The first-order valence-corrected chi connectivity index (χ1v) is 13.2. The predicted molar refractivity (Wildman–Crippen MR) is 144 cm³/mol. The monoisotopic (exact) mass is 583 g/mol. The number of amides is 2. The molecule has 3 aromatic rings. The van der Waals surface area contributed by atoms with Gasteiger partial charge in [-0.3, -0.25) is 14.2 Å². The summed E-state index contributed by atoms with van der Waals surface area (Å²) in [6, 6.07) is 4.89. The van der Waals surface area contributed by atoms with E-state index in [2.05, 4.69) is 22.1 Å². The average molecular weight is 585 g/mol. The number of carbonyl (C=O) groups excluding carboxylic acids is 3. The summed E-state index contributed by atoms with van der Waals surface area (Å²) in [5.41, 5.74) is 5.82. The zero-order valence-electron chi connectivity index (χ0n) is 20.0. The Morgan fingerprint density at radius 2 is 2.05 bits per heavy atom. The minimum absolute atomic E-state index is 0.0614. The molecule has 1 aromatic carbocycles. The van der Waals surface area contributed by atoms with Crippen molar-refractivity contribution in [2.45, 2.75) is 31.7 Å². The van der Waals surface area contributed by atoms with E-state index in [0.29, 0.717) is 38.9 Å². The van der Waals surface area contributed by atoms with Crippen molar-refractivity contribution in [1.82, 2.24) is 14.8 Å². The van der Waals surface area contributed by atoms with E-state index in [4.69, 9.17) is 38.4 Å². The minimum atomic E-state index is -0.706. The molecule has 0 bridgehead atoms. The van der Waals surface area contributed by atoms with Gasteiger partial charge in [0.2, 0.25) is 5.91 Å². The molecule has 1 atom stereocenters. The number of carbonyl (C=O) groups is 3. The molecule has 2 amide bonds. The Hall–Kier alpha value is -3.06. The van der Waals surface area contributed by atoms with Crippen LogP contribution in [-0.4, -0.2) is 45.4 Å². The highest BCUT2D eigenvalue weighted by atomic mass is 35.5. The second kappa shape index (κ2) is 12.5. The SMILES string of the molecule is C=CCn1c(SCC(=O)Nc2sc(C(N)=O)c(C)c2C(=O)OC)nnc1C(C)Oc1cc(Cl)ccc1Cl. The molecule has 0 saturated carbocycles. The number of allylic oxidation sites excluding steroid dienone is 1. The molecule has 14 heteroatoms. The molecule has 3 rings (SSSR count). The molecule has 0 saturated heterocycles. The number of thiophene rings is 1. The molecule has 2 aromatic heterocycles. The fourth-order valence-corrected chi connectivity index (χ4v) is 5.44.